The van der Waals surface area contributed by atoms with Crippen molar-refractivity contribution in [2.75, 3.05) is 0 Å². The Morgan fingerprint density at radius 1 is 1.32 bits per heavy atom. The fourth-order valence-electron chi connectivity index (χ4n) is 1.63. The molecule has 9 heteroatoms. The molecule has 0 aromatic carbocycles. The maximum Gasteiger partial charge on any atom is 0.491 e. The van der Waals surface area contributed by atoms with Gasteiger partial charge in [0.1, 0.15) is 11.2 Å². The van der Waals surface area contributed by atoms with Crippen LogP contribution >= 0.6 is 15.9 Å². The van der Waals surface area contributed by atoms with E-state index in [-0.39, 0.29) is 0 Å². The van der Waals surface area contributed by atoms with Gasteiger partial charge < -0.3 is 10.1 Å². The van der Waals surface area contributed by atoms with E-state index in [1.165, 1.54) is 11.0 Å². The Morgan fingerprint density at radius 2 is 2.16 bits per heavy atom. The third kappa shape index (κ3) is 2.03. The third-order valence-electron chi connectivity index (χ3n) is 2.41. The minimum Gasteiger partial charge on any atom is -0.390 e. The van der Waals surface area contributed by atoms with Crippen LogP contribution in [0.2, 0.25) is 0 Å². The quantitative estimate of drug-likeness (QED) is 0.528. The first kappa shape index (κ1) is 11.7. The number of hydrogen-bond donors (Lipinski definition) is 0. The van der Waals surface area contributed by atoms with E-state index in [0.29, 0.717) is 16.7 Å². The Kier molecular flexibility index (Phi) is 2.67. The highest BCUT2D eigenvalue weighted by atomic mass is 79.9. The Hall–Kier alpha value is -2.42. The highest BCUT2D eigenvalue weighted by Gasteiger charge is 2.16. The van der Waals surface area contributed by atoms with Crippen molar-refractivity contribution in [1.82, 2.24) is 24.7 Å². The van der Waals surface area contributed by atoms with Gasteiger partial charge in [0.05, 0.1) is 5.52 Å². The lowest BCUT2D eigenvalue weighted by atomic mass is 10.3. The number of hydrogen-bond acceptors (Lipinski definition) is 6. The summed E-state index contributed by atoms with van der Waals surface area (Å²) in [5.41, 5.74) is 1.83. The van der Waals surface area contributed by atoms with Crippen LogP contribution in [0.25, 0.3) is 16.7 Å². The molecule has 0 spiro atoms. The van der Waals surface area contributed by atoms with Gasteiger partial charge in [-0.25, -0.2) is 0 Å². The maximum absolute atomic E-state index is 10.6. The first-order chi connectivity index (χ1) is 9.15. The number of nitrogens with zero attached hydrogens (tertiary/aromatic N) is 6. The van der Waals surface area contributed by atoms with Crippen molar-refractivity contribution in [1.29, 1.82) is 0 Å². The molecule has 3 heterocycles. The number of rotatable bonds is 2. The topological polar surface area (TPSA) is 99.6 Å². The fraction of sp³-hybridized carbons (Fsp3) is 0. The van der Waals surface area contributed by atoms with Crippen molar-refractivity contribution in [2.24, 2.45) is 0 Å². The van der Waals surface area contributed by atoms with Gasteiger partial charge in [0.15, 0.2) is 0 Å². The zero-order valence-electron chi connectivity index (χ0n) is 9.26. The second kappa shape index (κ2) is 4.35. The molecular weight excluding hydrogens is 316 g/mol. The van der Waals surface area contributed by atoms with Crippen LogP contribution in [0.4, 0.5) is 5.95 Å². The van der Waals surface area contributed by atoms with E-state index in [4.69, 9.17) is 0 Å². The normalized spacial score (nSPS) is 10.8. The molecule has 0 aliphatic carbocycles. The highest BCUT2D eigenvalue weighted by Crippen LogP contribution is 2.21. The number of aromatic nitrogens is 5. The molecule has 3 aromatic rings. The molecule has 19 heavy (non-hydrogen) atoms. The summed E-state index contributed by atoms with van der Waals surface area (Å²) in [5.74, 6) is -0.456. The molecule has 0 aliphatic rings. The molecule has 0 unspecified atom stereocenters. The molecule has 0 aliphatic heterocycles. The van der Waals surface area contributed by atoms with Gasteiger partial charge in [-0.1, -0.05) is 4.98 Å². The summed E-state index contributed by atoms with van der Waals surface area (Å²) in [5, 5.41) is 14.4. The minimum absolute atomic E-state index is 0.456. The van der Waals surface area contributed by atoms with Crippen molar-refractivity contribution < 1.29 is 4.92 Å². The van der Waals surface area contributed by atoms with Gasteiger partial charge in [-0.15, -0.1) is 4.68 Å². The van der Waals surface area contributed by atoms with Crippen molar-refractivity contribution in [3.05, 3.63) is 45.4 Å². The zero-order chi connectivity index (χ0) is 13.4. The predicted molar refractivity (Wildman–Crippen MR) is 68.8 cm³/mol. The van der Waals surface area contributed by atoms with Gasteiger partial charge in [-0.2, -0.15) is 0 Å². The first-order valence-corrected chi connectivity index (χ1v) is 5.91. The molecule has 3 aromatic heterocycles. The smallest absolute Gasteiger partial charge is 0.390 e. The maximum atomic E-state index is 10.6. The second-order valence-electron chi connectivity index (χ2n) is 3.60. The molecular formula is C10H5BrN6O2. The largest absolute Gasteiger partial charge is 0.491 e. The average molecular weight is 321 g/mol. The molecule has 0 bridgehead atoms. The molecule has 0 fully saturated rings. The van der Waals surface area contributed by atoms with Crippen LogP contribution < -0.4 is 0 Å². The van der Waals surface area contributed by atoms with E-state index < -0.39 is 10.9 Å². The van der Waals surface area contributed by atoms with Gasteiger partial charge in [-0.05, 0) is 33.0 Å². The molecule has 0 radical (unpaired) electrons. The van der Waals surface area contributed by atoms with Crippen LogP contribution in [0, 0.1) is 10.1 Å². The third-order valence-corrected chi connectivity index (χ3v) is 2.85. The zero-order valence-corrected chi connectivity index (χ0v) is 10.9. The summed E-state index contributed by atoms with van der Waals surface area (Å²) in [4.78, 5) is 22.0. The van der Waals surface area contributed by atoms with Gasteiger partial charge >= 0.3 is 5.95 Å². The van der Waals surface area contributed by atoms with Gasteiger partial charge in [0, 0.05) is 22.0 Å². The van der Waals surface area contributed by atoms with Crippen LogP contribution in [-0.2, 0) is 0 Å². The van der Waals surface area contributed by atoms with Crippen molar-refractivity contribution >= 4 is 32.9 Å². The summed E-state index contributed by atoms with van der Waals surface area (Å²) in [7, 11) is 0. The lowest BCUT2D eigenvalue weighted by Gasteiger charge is -2.01. The summed E-state index contributed by atoms with van der Waals surface area (Å²) >= 11 is 3.31. The minimum atomic E-state index is -0.649. The Labute approximate surface area is 114 Å². The van der Waals surface area contributed by atoms with Gasteiger partial charge in [-0.3, -0.25) is 9.97 Å². The molecule has 0 saturated heterocycles. The van der Waals surface area contributed by atoms with E-state index in [9.17, 15) is 10.1 Å². The standard InChI is InChI=1S/C10H5BrN6O2/c11-6-3-7-9(13-4-6)8(1-2-12-7)16-5-14-10(15-16)17(18)19/h1-5H. The predicted octanol–water partition coefficient (Wildman–Crippen LogP) is 1.88. The van der Waals surface area contributed by atoms with E-state index >= 15 is 0 Å². The highest BCUT2D eigenvalue weighted by molar-refractivity contribution is 9.10. The Morgan fingerprint density at radius 3 is 2.89 bits per heavy atom. The molecule has 0 atom stereocenters. The van der Waals surface area contributed by atoms with Crippen LogP contribution in [-0.4, -0.2) is 29.7 Å². The number of fused-ring (bicyclic) bond motifs is 1. The molecule has 3 rings (SSSR count). The second-order valence-corrected chi connectivity index (χ2v) is 4.51. The van der Waals surface area contributed by atoms with Crippen molar-refractivity contribution in [3.8, 4) is 5.69 Å². The Balaban J connectivity index is 2.21. The average Bonchev–Trinajstić information content (AvgIpc) is 2.87. The van der Waals surface area contributed by atoms with Crippen LogP contribution in [0.15, 0.2) is 35.3 Å². The number of pyridine rings is 2. The van der Waals surface area contributed by atoms with Crippen LogP contribution in [0.5, 0.6) is 0 Å². The number of nitro groups is 1. The molecule has 8 nitrogen and oxygen atoms in total. The molecule has 94 valence electrons. The van der Waals surface area contributed by atoms with Crippen LogP contribution in [0.3, 0.4) is 0 Å². The Bertz CT molecular complexity index is 787. The molecule has 0 N–H and O–H groups in total. The first-order valence-electron chi connectivity index (χ1n) is 5.12. The SMILES string of the molecule is O=[N+]([O-])c1ncn(-c2ccnc3cc(Br)cnc23)n1. The van der Waals surface area contributed by atoms with E-state index in [2.05, 4.69) is 36.0 Å². The summed E-state index contributed by atoms with van der Waals surface area (Å²) in [6.07, 6.45) is 4.48. The lowest BCUT2D eigenvalue weighted by molar-refractivity contribution is -0.394. The summed E-state index contributed by atoms with van der Waals surface area (Å²) in [6, 6.07) is 3.47. The summed E-state index contributed by atoms with van der Waals surface area (Å²) in [6.45, 7) is 0. The van der Waals surface area contributed by atoms with E-state index in [0.717, 1.165) is 4.47 Å². The van der Waals surface area contributed by atoms with Crippen molar-refractivity contribution in [2.45, 2.75) is 0 Å². The van der Waals surface area contributed by atoms with E-state index in [1.807, 2.05) is 0 Å². The number of halogens is 1. The lowest BCUT2D eigenvalue weighted by Crippen LogP contribution is -1.99. The monoisotopic (exact) mass is 320 g/mol. The fourth-order valence-corrected chi connectivity index (χ4v) is 1.95. The van der Waals surface area contributed by atoms with Crippen LogP contribution in [0.1, 0.15) is 0 Å². The van der Waals surface area contributed by atoms with E-state index in [1.54, 1.807) is 24.5 Å². The molecule has 0 saturated carbocycles. The molecule has 0 amide bonds. The van der Waals surface area contributed by atoms with Gasteiger partial charge in [0.25, 0.3) is 0 Å². The van der Waals surface area contributed by atoms with Crippen molar-refractivity contribution in [3.63, 3.8) is 0 Å². The van der Waals surface area contributed by atoms with Gasteiger partial charge in [0.2, 0.25) is 6.33 Å². The summed E-state index contributed by atoms with van der Waals surface area (Å²) < 4.78 is 2.11.